The Balaban J connectivity index is 1.60. The van der Waals surface area contributed by atoms with Gasteiger partial charge in [-0.15, -0.1) is 0 Å². The Labute approximate surface area is 242 Å². The summed E-state index contributed by atoms with van der Waals surface area (Å²) in [5, 5.41) is 2.63. The lowest BCUT2D eigenvalue weighted by molar-refractivity contribution is 0.0361. The summed E-state index contributed by atoms with van der Waals surface area (Å²) in [6.45, 7) is 5.45. The summed E-state index contributed by atoms with van der Waals surface area (Å²) in [6.07, 6.45) is 7.29. The molecular weight excluding hydrogens is 547 g/mol. The van der Waals surface area contributed by atoms with Crippen molar-refractivity contribution in [2.75, 3.05) is 25.1 Å². The number of halogens is 2. The number of ether oxygens (including phenoxy) is 1. The second-order valence-electron chi connectivity index (χ2n) is 9.63. The van der Waals surface area contributed by atoms with Gasteiger partial charge in [-0.25, -0.2) is 0 Å². The average Bonchev–Trinajstić information content (AvgIpc) is 2.97. The monoisotopic (exact) mass is 587 g/mol. The van der Waals surface area contributed by atoms with Crippen molar-refractivity contribution in [1.29, 1.82) is 0 Å². The number of amides is 1. The standard InChI is InChI=1S/C32H40F2NO5P/c1-4-7-8-9-10-11-23-38-30-21-19-26(20-22-30)25-15-17-27(18-16-25)31(36)35-29-14-12-13-28(24-29)32(33,34)41(37,39-5-2)40-6-3/h12-22,24H,4-11,23H2,1-3H3,(H,35,36). The van der Waals surface area contributed by atoms with Gasteiger partial charge in [-0.2, -0.15) is 8.78 Å². The fourth-order valence-corrected chi connectivity index (χ4v) is 5.85. The van der Waals surface area contributed by atoms with Gasteiger partial charge in [-0.1, -0.05) is 75.4 Å². The molecule has 3 rings (SSSR count). The molecule has 222 valence electrons. The van der Waals surface area contributed by atoms with Crippen LogP contribution in [0.5, 0.6) is 5.75 Å². The first-order valence-corrected chi connectivity index (χ1v) is 15.8. The van der Waals surface area contributed by atoms with Gasteiger partial charge >= 0.3 is 13.3 Å². The second kappa shape index (κ2) is 15.8. The molecule has 41 heavy (non-hydrogen) atoms. The van der Waals surface area contributed by atoms with Gasteiger partial charge in [-0.3, -0.25) is 9.36 Å². The number of alkyl halides is 2. The molecule has 0 saturated carbocycles. The Hall–Kier alpha value is -3.06. The zero-order valence-electron chi connectivity index (χ0n) is 24.0. The molecule has 0 spiro atoms. The lowest BCUT2D eigenvalue weighted by Crippen LogP contribution is -2.19. The van der Waals surface area contributed by atoms with E-state index < -0.39 is 24.7 Å². The highest BCUT2D eigenvalue weighted by molar-refractivity contribution is 7.54. The molecule has 0 aliphatic heterocycles. The molecule has 0 atom stereocenters. The van der Waals surface area contributed by atoms with E-state index in [1.807, 2.05) is 36.4 Å². The zero-order valence-corrected chi connectivity index (χ0v) is 24.9. The molecule has 0 aromatic heterocycles. The van der Waals surface area contributed by atoms with Gasteiger partial charge in [-0.05, 0) is 67.8 Å². The van der Waals surface area contributed by atoms with Crippen molar-refractivity contribution in [1.82, 2.24) is 0 Å². The summed E-state index contributed by atoms with van der Waals surface area (Å²) in [6, 6.07) is 19.8. The summed E-state index contributed by atoms with van der Waals surface area (Å²) in [4.78, 5) is 12.8. The maximum Gasteiger partial charge on any atom is 0.404 e. The minimum absolute atomic E-state index is 0.132. The molecule has 3 aromatic rings. The average molecular weight is 588 g/mol. The van der Waals surface area contributed by atoms with Crippen molar-refractivity contribution in [3.8, 4) is 16.9 Å². The van der Waals surface area contributed by atoms with E-state index in [1.54, 1.807) is 12.1 Å². The minimum Gasteiger partial charge on any atom is -0.494 e. The predicted octanol–water partition coefficient (Wildman–Crippen LogP) is 9.66. The smallest absolute Gasteiger partial charge is 0.404 e. The maximum atomic E-state index is 15.1. The van der Waals surface area contributed by atoms with E-state index in [4.69, 9.17) is 13.8 Å². The molecule has 0 bridgehead atoms. The molecule has 9 heteroatoms. The molecule has 0 unspecified atom stereocenters. The van der Waals surface area contributed by atoms with Crippen LogP contribution in [-0.4, -0.2) is 25.7 Å². The molecule has 0 fully saturated rings. The molecular formula is C32H40F2NO5P. The van der Waals surface area contributed by atoms with E-state index in [1.165, 1.54) is 58.1 Å². The lowest BCUT2D eigenvalue weighted by Gasteiger charge is -2.26. The van der Waals surface area contributed by atoms with Crippen LogP contribution in [0, 0.1) is 0 Å². The summed E-state index contributed by atoms with van der Waals surface area (Å²) >= 11 is 0. The van der Waals surface area contributed by atoms with Gasteiger partial charge < -0.3 is 19.1 Å². The summed E-state index contributed by atoms with van der Waals surface area (Å²) in [5.41, 5.74) is -2.07. The van der Waals surface area contributed by atoms with E-state index in [9.17, 15) is 9.36 Å². The summed E-state index contributed by atoms with van der Waals surface area (Å²) < 4.78 is 58.6. The maximum absolute atomic E-state index is 15.1. The van der Waals surface area contributed by atoms with Gasteiger partial charge in [0.25, 0.3) is 5.91 Å². The molecule has 0 heterocycles. The minimum atomic E-state index is -4.76. The van der Waals surface area contributed by atoms with Crippen molar-refractivity contribution in [3.05, 3.63) is 83.9 Å². The van der Waals surface area contributed by atoms with Crippen LogP contribution in [0.4, 0.5) is 14.5 Å². The van der Waals surface area contributed by atoms with E-state index in [-0.39, 0.29) is 18.9 Å². The first-order valence-electron chi connectivity index (χ1n) is 14.3. The third-order valence-corrected chi connectivity index (χ3v) is 8.65. The first-order chi connectivity index (χ1) is 19.7. The number of anilines is 1. The van der Waals surface area contributed by atoms with Crippen molar-refractivity contribution < 1.29 is 31.9 Å². The fourth-order valence-electron chi connectivity index (χ4n) is 4.31. The van der Waals surface area contributed by atoms with Gasteiger partial charge in [0, 0.05) is 16.8 Å². The van der Waals surface area contributed by atoms with Crippen LogP contribution in [0.15, 0.2) is 72.8 Å². The molecule has 0 aliphatic carbocycles. The lowest BCUT2D eigenvalue weighted by atomic mass is 10.0. The molecule has 1 amide bonds. The third kappa shape index (κ3) is 8.96. The highest BCUT2D eigenvalue weighted by Crippen LogP contribution is 2.66. The van der Waals surface area contributed by atoms with Crippen LogP contribution >= 0.6 is 7.60 Å². The molecule has 0 saturated heterocycles. The van der Waals surface area contributed by atoms with Crippen LogP contribution < -0.4 is 10.1 Å². The topological polar surface area (TPSA) is 73.9 Å². The van der Waals surface area contributed by atoms with Gasteiger partial charge in [0.05, 0.1) is 19.8 Å². The second-order valence-corrected chi connectivity index (χ2v) is 11.7. The van der Waals surface area contributed by atoms with Crippen LogP contribution in [0.3, 0.4) is 0 Å². The summed E-state index contributed by atoms with van der Waals surface area (Å²) in [5.74, 6) is 0.359. The number of hydrogen-bond donors (Lipinski definition) is 1. The largest absolute Gasteiger partial charge is 0.494 e. The fraction of sp³-hybridized carbons (Fsp3) is 0.406. The molecule has 0 radical (unpaired) electrons. The molecule has 1 N–H and O–H groups in total. The van der Waals surface area contributed by atoms with Crippen LogP contribution in [-0.2, 0) is 19.3 Å². The zero-order chi connectivity index (χ0) is 29.7. The number of hydrogen-bond acceptors (Lipinski definition) is 5. The Morgan fingerprint density at radius 2 is 1.39 bits per heavy atom. The van der Waals surface area contributed by atoms with Crippen molar-refractivity contribution in [2.24, 2.45) is 0 Å². The Morgan fingerprint density at radius 1 is 0.805 bits per heavy atom. The quantitative estimate of drug-likeness (QED) is 0.126. The van der Waals surface area contributed by atoms with E-state index >= 15 is 8.78 Å². The molecule has 0 aliphatic rings. The van der Waals surface area contributed by atoms with E-state index in [2.05, 4.69) is 12.2 Å². The molecule has 6 nitrogen and oxygen atoms in total. The normalized spacial score (nSPS) is 11.8. The van der Waals surface area contributed by atoms with Crippen molar-refractivity contribution in [3.63, 3.8) is 0 Å². The van der Waals surface area contributed by atoms with E-state index in [0.717, 1.165) is 35.4 Å². The van der Waals surface area contributed by atoms with E-state index in [0.29, 0.717) is 12.2 Å². The SMILES string of the molecule is CCCCCCCCOc1ccc(-c2ccc(C(=O)Nc3cccc(C(F)(F)P(=O)(OCC)OCC)c3)cc2)cc1. The van der Waals surface area contributed by atoms with Gasteiger partial charge in [0.15, 0.2) is 0 Å². The number of benzene rings is 3. The van der Waals surface area contributed by atoms with Crippen LogP contribution in [0.1, 0.15) is 75.2 Å². The number of carbonyl (C=O) groups excluding carboxylic acids is 1. The first kappa shape index (κ1) is 32.5. The van der Waals surface area contributed by atoms with Gasteiger partial charge in [0.1, 0.15) is 5.75 Å². The number of unbranched alkanes of at least 4 members (excludes halogenated alkanes) is 5. The van der Waals surface area contributed by atoms with Crippen molar-refractivity contribution >= 4 is 19.2 Å². The highest BCUT2D eigenvalue weighted by atomic mass is 31.2. The number of rotatable bonds is 17. The van der Waals surface area contributed by atoms with Crippen LogP contribution in [0.2, 0.25) is 0 Å². The summed E-state index contributed by atoms with van der Waals surface area (Å²) in [7, 11) is -4.76. The van der Waals surface area contributed by atoms with Gasteiger partial charge in [0.2, 0.25) is 0 Å². The molecule has 3 aromatic carbocycles. The van der Waals surface area contributed by atoms with Crippen LogP contribution in [0.25, 0.3) is 11.1 Å². The third-order valence-electron chi connectivity index (χ3n) is 6.51. The Kier molecular flexibility index (Phi) is 12.5. The van der Waals surface area contributed by atoms with Crippen molar-refractivity contribution in [2.45, 2.75) is 65.0 Å². The Bertz CT molecular complexity index is 1270. The highest BCUT2D eigenvalue weighted by Gasteiger charge is 2.54. The number of nitrogens with one attached hydrogen (secondary N) is 1. The Morgan fingerprint density at radius 3 is 2.00 bits per heavy atom. The predicted molar refractivity (Wildman–Crippen MR) is 160 cm³/mol. The number of carbonyl (C=O) groups is 1.